The van der Waals surface area contributed by atoms with Gasteiger partial charge >= 0.3 is 0 Å². The minimum absolute atomic E-state index is 0.00374. The fraction of sp³-hybridized carbons (Fsp3) is 0.133. The van der Waals surface area contributed by atoms with E-state index in [0.717, 1.165) is 5.56 Å². The van der Waals surface area contributed by atoms with E-state index < -0.39 is 15.9 Å². The minimum Gasteiger partial charge on any atom is -0.497 e. The van der Waals surface area contributed by atoms with Crippen molar-refractivity contribution < 1.29 is 27.4 Å². The lowest BCUT2D eigenvalue weighted by Gasteiger charge is -2.26. The number of nitrogens with one attached hydrogen (secondary N) is 1. The van der Waals surface area contributed by atoms with Gasteiger partial charge in [0.05, 0.1) is 50.2 Å². The molecule has 4 rings (SSSR count). The van der Waals surface area contributed by atoms with Gasteiger partial charge in [0, 0.05) is 5.56 Å². The molecule has 40 heavy (non-hydrogen) atoms. The molecule has 1 N–H and O–H groups in total. The van der Waals surface area contributed by atoms with E-state index >= 15 is 0 Å². The van der Waals surface area contributed by atoms with Crippen LogP contribution in [0.3, 0.4) is 0 Å². The third-order valence-corrected chi connectivity index (χ3v) is 7.81. The Morgan fingerprint density at radius 2 is 1.52 bits per heavy atom. The summed E-state index contributed by atoms with van der Waals surface area (Å²) in [4.78, 5) is 13.4. The van der Waals surface area contributed by atoms with Crippen molar-refractivity contribution in [2.75, 3.05) is 25.6 Å². The summed E-state index contributed by atoms with van der Waals surface area (Å²) < 4.78 is 45.0. The summed E-state index contributed by atoms with van der Waals surface area (Å²) >= 11 is 0. The first-order chi connectivity index (χ1) is 19.4. The van der Waals surface area contributed by atoms with Gasteiger partial charge in [-0.2, -0.15) is 5.10 Å². The number of hydrogen-bond acceptors (Lipinski definition) is 7. The van der Waals surface area contributed by atoms with E-state index in [-0.39, 0.29) is 22.7 Å². The Balaban J connectivity index is 1.70. The summed E-state index contributed by atoms with van der Waals surface area (Å²) in [5.74, 6) is 0.919. The lowest BCUT2D eigenvalue weighted by molar-refractivity contribution is 0.0955. The molecule has 0 unspecified atom stereocenters. The van der Waals surface area contributed by atoms with Crippen LogP contribution in [0.5, 0.6) is 17.2 Å². The SMILES string of the molecule is COc1ccc(S(=O)(=O)N(Cc2ccccc2)c2ccccc2C(=O)N/N=C/c2cccc(OC)c2OC)cc1. The molecule has 0 aliphatic rings. The number of hydrogen-bond donors (Lipinski definition) is 1. The molecule has 0 spiro atoms. The first-order valence-electron chi connectivity index (χ1n) is 12.2. The Kier molecular flexibility index (Phi) is 9.03. The Hall–Kier alpha value is -4.83. The van der Waals surface area contributed by atoms with E-state index in [9.17, 15) is 13.2 Å². The molecule has 10 heteroatoms. The Morgan fingerprint density at radius 1 is 0.825 bits per heavy atom. The highest BCUT2D eigenvalue weighted by atomic mass is 32.2. The molecular formula is C30H29N3O6S. The predicted octanol–water partition coefficient (Wildman–Crippen LogP) is 4.87. The van der Waals surface area contributed by atoms with Gasteiger partial charge in [-0.15, -0.1) is 0 Å². The van der Waals surface area contributed by atoms with E-state index in [1.54, 1.807) is 54.6 Å². The number of para-hydroxylation sites is 2. The molecule has 9 nitrogen and oxygen atoms in total. The highest BCUT2D eigenvalue weighted by Gasteiger charge is 2.28. The van der Waals surface area contributed by atoms with Crippen LogP contribution >= 0.6 is 0 Å². The molecule has 0 fully saturated rings. The highest BCUT2D eigenvalue weighted by Crippen LogP contribution is 2.31. The molecule has 0 heterocycles. The monoisotopic (exact) mass is 559 g/mol. The third-order valence-electron chi connectivity index (χ3n) is 6.04. The first-order valence-corrected chi connectivity index (χ1v) is 13.7. The molecule has 0 saturated heterocycles. The van der Waals surface area contributed by atoms with E-state index in [4.69, 9.17) is 14.2 Å². The second-order valence-corrected chi connectivity index (χ2v) is 10.3. The quantitative estimate of drug-likeness (QED) is 0.208. The van der Waals surface area contributed by atoms with Crippen molar-refractivity contribution in [1.82, 2.24) is 5.43 Å². The number of hydrazone groups is 1. The fourth-order valence-corrected chi connectivity index (χ4v) is 5.51. The average Bonchev–Trinajstić information content (AvgIpc) is 3.00. The van der Waals surface area contributed by atoms with Gasteiger partial charge in [0.25, 0.3) is 15.9 Å². The van der Waals surface area contributed by atoms with Gasteiger partial charge in [0.1, 0.15) is 5.75 Å². The second kappa shape index (κ2) is 12.8. The largest absolute Gasteiger partial charge is 0.497 e. The Bertz CT molecular complexity index is 1590. The van der Waals surface area contributed by atoms with Crippen molar-refractivity contribution in [3.63, 3.8) is 0 Å². The standard InChI is InChI=1S/C30H29N3O6S/c1-37-24-16-18-25(19-17-24)40(35,36)33(21-22-10-5-4-6-11-22)27-14-8-7-13-26(27)30(34)32-31-20-23-12-9-15-28(38-2)29(23)39-3/h4-20H,21H2,1-3H3,(H,32,34)/b31-20+. The lowest BCUT2D eigenvalue weighted by Crippen LogP contribution is -2.33. The van der Waals surface area contributed by atoms with E-state index in [0.29, 0.717) is 22.8 Å². The second-order valence-electron chi connectivity index (χ2n) is 8.47. The molecule has 4 aromatic carbocycles. The third kappa shape index (κ3) is 6.24. The Morgan fingerprint density at radius 3 is 2.20 bits per heavy atom. The van der Waals surface area contributed by atoms with Crippen LogP contribution in [0.4, 0.5) is 5.69 Å². The van der Waals surface area contributed by atoms with Gasteiger partial charge in [-0.05, 0) is 54.1 Å². The average molecular weight is 560 g/mol. The summed E-state index contributed by atoms with van der Waals surface area (Å²) in [7, 11) is 0.457. The molecule has 4 aromatic rings. The van der Waals surface area contributed by atoms with E-state index in [2.05, 4.69) is 10.5 Å². The summed E-state index contributed by atoms with van der Waals surface area (Å²) in [6.07, 6.45) is 1.43. The maximum Gasteiger partial charge on any atom is 0.273 e. The molecule has 0 aliphatic heterocycles. The van der Waals surface area contributed by atoms with Gasteiger partial charge in [-0.1, -0.05) is 48.5 Å². The van der Waals surface area contributed by atoms with Crippen molar-refractivity contribution in [2.45, 2.75) is 11.4 Å². The number of amides is 1. The summed E-state index contributed by atoms with van der Waals surface area (Å²) in [5.41, 5.74) is 4.16. The van der Waals surface area contributed by atoms with Gasteiger partial charge in [-0.25, -0.2) is 13.8 Å². The minimum atomic E-state index is -4.08. The van der Waals surface area contributed by atoms with Crippen LogP contribution in [0, 0.1) is 0 Å². The molecule has 0 atom stereocenters. The smallest absolute Gasteiger partial charge is 0.273 e. The number of carbonyl (C=O) groups is 1. The van der Waals surface area contributed by atoms with Crippen molar-refractivity contribution in [3.8, 4) is 17.2 Å². The molecular weight excluding hydrogens is 530 g/mol. The van der Waals surface area contributed by atoms with Crippen molar-refractivity contribution in [1.29, 1.82) is 0 Å². The lowest BCUT2D eigenvalue weighted by atomic mass is 10.1. The molecule has 0 bridgehead atoms. The number of anilines is 1. The van der Waals surface area contributed by atoms with Gasteiger partial charge in [0.15, 0.2) is 11.5 Å². The topological polar surface area (TPSA) is 107 Å². The molecule has 206 valence electrons. The zero-order valence-electron chi connectivity index (χ0n) is 22.3. The number of methoxy groups -OCH3 is 3. The number of carbonyl (C=O) groups excluding carboxylic acids is 1. The van der Waals surface area contributed by atoms with Crippen LogP contribution in [0.1, 0.15) is 21.5 Å². The molecule has 0 aromatic heterocycles. The highest BCUT2D eigenvalue weighted by molar-refractivity contribution is 7.92. The van der Waals surface area contributed by atoms with Crippen molar-refractivity contribution in [3.05, 3.63) is 114 Å². The van der Waals surface area contributed by atoms with Crippen LogP contribution in [0.2, 0.25) is 0 Å². The summed E-state index contributed by atoms with van der Waals surface area (Å²) in [6.45, 7) is 0.00374. The maximum atomic E-state index is 13.9. The van der Waals surface area contributed by atoms with Crippen molar-refractivity contribution >= 4 is 27.8 Å². The van der Waals surface area contributed by atoms with Crippen LogP contribution in [-0.2, 0) is 16.6 Å². The number of sulfonamides is 1. The first kappa shape index (κ1) is 28.2. The summed E-state index contributed by atoms with van der Waals surface area (Å²) in [6, 6.07) is 27.0. The normalized spacial score (nSPS) is 11.2. The van der Waals surface area contributed by atoms with Crippen LogP contribution < -0.4 is 23.9 Å². The van der Waals surface area contributed by atoms with Gasteiger partial charge in [-0.3, -0.25) is 9.10 Å². The number of rotatable bonds is 11. The fourth-order valence-electron chi connectivity index (χ4n) is 4.04. The molecule has 1 amide bonds. The van der Waals surface area contributed by atoms with Crippen molar-refractivity contribution in [2.24, 2.45) is 5.10 Å². The van der Waals surface area contributed by atoms with Crippen LogP contribution in [-0.4, -0.2) is 41.9 Å². The Labute approximate surface area is 233 Å². The van der Waals surface area contributed by atoms with E-state index in [1.165, 1.54) is 44.0 Å². The summed E-state index contributed by atoms with van der Waals surface area (Å²) in [5, 5.41) is 4.08. The maximum absolute atomic E-state index is 13.9. The van der Waals surface area contributed by atoms with Gasteiger partial charge in [0.2, 0.25) is 0 Å². The number of benzene rings is 4. The number of ether oxygens (including phenoxy) is 3. The zero-order valence-corrected chi connectivity index (χ0v) is 23.1. The molecule has 0 aliphatic carbocycles. The zero-order chi connectivity index (χ0) is 28.5. The van der Waals surface area contributed by atoms with E-state index in [1.807, 2.05) is 30.3 Å². The number of nitrogens with zero attached hydrogens (tertiary/aromatic N) is 2. The van der Waals surface area contributed by atoms with Gasteiger partial charge < -0.3 is 14.2 Å². The molecule has 0 saturated carbocycles. The predicted molar refractivity (Wildman–Crippen MR) is 154 cm³/mol. The molecule has 0 radical (unpaired) electrons. The van der Waals surface area contributed by atoms with Crippen LogP contribution in [0.25, 0.3) is 0 Å². The van der Waals surface area contributed by atoms with Crippen LogP contribution in [0.15, 0.2) is 107 Å².